The third kappa shape index (κ3) is 15.7. The molecule has 0 aromatic heterocycles. The van der Waals surface area contributed by atoms with Crippen molar-refractivity contribution < 1.29 is 66.8 Å². The van der Waals surface area contributed by atoms with Crippen LogP contribution in [0.25, 0.3) is 0 Å². The monoisotopic (exact) mass is 132 g/mol. The first-order chi connectivity index (χ1) is 2.77. The molecule has 0 aliphatic carbocycles. The van der Waals surface area contributed by atoms with Crippen molar-refractivity contribution in [3.8, 4) is 0 Å². The second-order valence-corrected chi connectivity index (χ2v) is 1.38. The van der Waals surface area contributed by atoms with Crippen molar-refractivity contribution in [1.29, 1.82) is 0 Å². The van der Waals surface area contributed by atoms with Crippen LogP contribution in [0.1, 0.15) is 16.7 Å². The molecule has 0 unspecified atom stereocenters. The van der Waals surface area contributed by atoms with Gasteiger partial charge in [-0.1, -0.05) is 5.57 Å². The average molecular weight is 132 g/mol. The van der Waals surface area contributed by atoms with Crippen LogP contribution in [0.15, 0.2) is 11.6 Å². The molecule has 38 valence electrons. The van der Waals surface area contributed by atoms with E-state index in [1.54, 1.807) is 0 Å². The molecule has 0 fully saturated rings. The Morgan fingerprint density at radius 3 is 1.75 bits per heavy atom. The second-order valence-electron chi connectivity index (χ2n) is 1.38. The fraction of sp³-hybridized carbons (Fsp3) is 0.400. The molecule has 3 heteroatoms. The number of rotatable bonds is 1. The number of aldehydes is 1. The Balaban J connectivity index is -0.0000000208. The van der Waals surface area contributed by atoms with Crippen LogP contribution in [0.4, 0.5) is 0 Å². The third-order valence-electron chi connectivity index (χ3n) is 0.401. The third-order valence-corrected chi connectivity index (χ3v) is 0.401. The molecule has 0 rings (SSSR count). The maximum absolute atomic E-state index is 9.54. The molecule has 1 nitrogen and oxygen atoms in total. The van der Waals surface area contributed by atoms with Gasteiger partial charge in [-0.15, -0.1) is 0 Å². The molecule has 0 amide bonds. The quantitative estimate of drug-likeness (QED) is 0.199. The molecule has 0 aromatic rings. The van der Waals surface area contributed by atoms with E-state index in [9.17, 15) is 4.79 Å². The molecule has 0 atom stereocenters. The Morgan fingerprint density at radius 1 is 1.38 bits per heavy atom. The SMILES string of the molecule is CC(C)=CC=O.[H-].[H-].[Na+].[Na+]. The van der Waals surface area contributed by atoms with Gasteiger partial charge >= 0.3 is 59.1 Å². The molecule has 0 spiro atoms. The Bertz CT molecular complexity index is 81.7. The van der Waals surface area contributed by atoms with Crippen molar-refractivity contribution in [2.75, 3.05) is 0 Å². The first-order valence-electron chi connectivity index (χ1n) is 1.86. The van der Waals surface area contributed by atoms with Gasteiger partial charge in [-0.3, -0.25) is 4.79 Å². The minimum Gasteiger partial charge on any atom is -1.00 e. The van der Waals surface area contributed by atoms with E-state index in [4.69, 9.17) is 0 Å². The van der Waals surface area contributed by atoms with Gasteiger partial charge in [-0.25, -0.2) is 0 Å². The molecule has 0 aliphatic rings. The molecule has 0 heterocycles. The minimum absolute atomic E-state index is 0. The normalized spacial score (nSPS) is 5.25. The maximum Gasteiger partial charge on any atom is 1.00 e. The van der Waals surface area contributed by atoms with E-state index >= 15 is 0 Å². The molecule has 0 bridgehead atoms. The van der Waals surface area contributed by atoms with Gasteiger partial charge in [0.15, 0.2) is 0 Å². The standard InChI is InChI=1S/C5H8O.2Na.2H/c1-5(2)3-4-6;;;;/h3-4H,1-2H3;;;;/q;2*+1;2*-1. The number of allylic oxidation sites excluding steroid dienone is 2. The first kappa shape index (κ1) is 16.2. The molecule has 0 saturated carbocycles. The molecule has 8 heavy (non-hydrogen) atoms. The summed E-state index contributed by atoms with van der Waals surface area (Å²) in [6.07, 6.45) is 2.31. The maximum atomic E-state index is 9.54. The molecular formula is C5H10Na2O. The number of carbonyl (C=O) groups excluding carboxylic acids is 1. The average Bonchev–Trinajstić information content (AvgIpc) is 1.35. The summed E-state index contributed by atoms with van der Waals surface area (Å²) in [5, 5.41) is 0. The van der Waals surface area contributed by atoms with Gasteiger partial charge in [0, 0.05) is 0 Å². The number of carbonyl (C=O) groups is 1. The molecular weight excluding hydrogens is 122 g/mol. The van der Waals surface area contributed by atoms with Crippen LogP contribution in [0, 0.1) is 0 Å². The van der Waals surface area contributed by atoms with Crippen LogP contribution in [-0.4, -0.2) is 6.29 Å². The predicted molar refractivity (Wildman–Crippen MR) is 27.7 cm³/mol. The summed E-state index contributed by atoms with van der Waals surface area (Å²) in [4.78, 5) is 9.54. The fourth-order valence-corrected chi connectivity index (χ4v) is 0.136. The molecule has 0 aromatic carbocycles. The largest absolute Gasteiger partial charge is 1.00 e. The zero-order chi connectivity index (χ0) is 4.99. The van der Waals surface area contributed by atoms with Gasteiger partial charge in [0.05, 0.1) is 0 Å². The Hall–Kier alpha value is 1.41. The van der Waals surface area contributed by atoms with Crippen LogP contribution >= 0.6 is 0 Å². The summed E-state index contributed by atoms with van der Waals surface area (Å²) < 4.78 is 0. The van der Waals surface area contributed by atoms with E-state index in [0.29, 0.717) is 0 Å². The van der Waals surface area contributed by atoms with Crippen LogP contribution in [0.5, 0.6) is 0 Å². The molecule has 0 N–H and O–H groups in total. The van der Waals surface area contributed by atoms with Gasteiger partial charge in [0.2, 0.25) is 0 Å². The predicted octanol–water partition coefficient (Wildman–Crippen LogP) is -4.62. The van der Waals surface area contributed by atoms with E-state index in [1.165, 1.54) is 6.08 Å². The molecule has 0 radical (unpaired) electrons. The van der Waals surface area contributed by atoms with E-state index in [1.807, 2.05) is 13.8 Å². The van der Waals surface area contributed by atoms with Gasteiger partial charge < -0.3 is 2.85 Å². The topological polar surface area (TPSA) is 17.1 Å². The summed E-state index contributed by atoms with van der Waals surface area (Å²) in [5.41, 5.74) is 1.05. The molecule has 0 aliphatic heterocycles. The zero-order valence-corrected chi connectivity index (χ0v) is 10.1. The van der Waals surface area contributed by atoms with Crippen LogP contribution in [0.2, 0.25) is 0 Å². The van der Waals surface area contributed by atoms with Gasteiger partial charge in [-0.2, -0.15) is 0 Å². The second kappa shape index (κ2) is 11.2. The van der Waals surface area contributed by atoms with Gasteiger partial charge in [0.25, 0.3) is 0 Å². The van der Waals surface area contributed by atoms with Crippen molar-refractivity contribution in [2.24, 2.45) is 0 Å². The van der Waals surface area contributed by atoms with Gasteiger partial charge in [0.1, 0.15) is 6.29 Å². The van der Waals surface area contributed by atoms with Crippen molar-refractivity contribution >= 4 is 6.29 Å². The first-order valence-corrected chi connectivity index (χ1v) is 1.86. The summed E-state index contributed by atoms with van der Waals surface area (Å²) >= 11 is 0. The van der Waals surface area contributed by atoms with E-state index in [0.717, 1.165) is 11.9 Å². The molecule has 0 saturated heterocycles. The summed E-state index contributed by atoms with van der Waals surface area (Å²) in [6, 6.07) is 0. The number of hydrogen-bond donors (Lipinski definition) is 0. The van der Waals surface area contributed by atoms with Crippen molar-refractivity contribution in [1.82, 2.24) is 0 Å². The Morgan fingerprint density at radius 2 is 1.75 bits per heavy atom. The van der Waals surface area contributed by atoms with Gasteiger partial charge in [-0.05, 0) is 19.9 Å². The summed E-state index contributed by atoms with van der Waals surface area (Å²) in [5.74, 6) is 0. The van der Waals surface area contributed by atoms with Crippen molar-refractivity contribution in [3.05, 3.63) is 11.6 Å². The van der Waals surface area contributed by atoms with Crippen molar-refractivity contribution in [3.63, 3.8) is 0 Å². The number of hydrogen-bond acceptors (Lipinski definition) is 1. The van der Waals surface area contributed by atoms with Crippen LogP contribution in [0.3, 0.4) is 0 Å². The zero-order valence-electron chi connectivity index (χ0n) is 8.06. The Kier molecular flexibility index (Phi) is 22.8. The smallest absolute Gasteiger partial charge is 1.00 e. The summed E-state index contributed by atoms with van der Waals surface area (Å²) in [6.45, 7) is 3.77. The minimum atomic E-state index is 0. The van der Waals surface area contributed by atoms with Crippen LogP contribution in [-0.2, 0) is 4.79 Å². The Labute approximate surface area is 97.5 Å². The van der Waals surface area contributed by atoms with E-state index < -0.39 is 0 Å². The van der Waals surface area contributed by atoms with E-state index in [-0.39, 0.29) is 62.0 Å². The van der Waals surface area contributed by atoms with E-state index in [2.05, 4.69) is 0 Å². The van der Waals surface area contributed by atoms with Crippen LogP contribution < -0.4 is 59.1 Å². The summed E-state index contributed by atoms with van der Waals surface area (Å²) in [7, 11) is 0. The fourth-order valence-electron chi connectivity index (χ4n) is 0.136. The van der Waals surface area contributed by atoms with Crippen molar-refractivity contribution in [2.45, 2.75) is 13.8 Å².